The lowest BCUT2D eigenvalue weighted by Crippen LogP contribution is -2.40. The Morgan fingerprint density at radius 2 is 1.89 bits per heavy atom. The lowest BCUT2D eigenvalue weighted by atomic mass is 10.3. The van der Waals surface area contributed by atoms with Crippen LogP contribution in [-0.4, -0.2) is 37.1 Å². The summed E-state index contributed by atoms with van der Waals surface area (Å²) in [5.74, 6) is 1.20. The minimum Gasteiger partial charge on any atom is -0.490 e. The van der Waals surface area contributed by atoms with E-state index < -0.39 is 12.1 Å². The van der Waals surface area contributed by atoms with E-state index in [9.17, 15) is 4.79 Å². The van der Waals surface area contributed by atoms with Crippen LogP contribution in [-0.2, 0) is 0 Å². The highest BCUT2D eigenvalue weighted by molar-refractivity contribution is 5.73. The molecular formula is C13H20N2O4. The van der Waals surface area contributed by atoms with Gasteiger partial charge in [0, 0.05) is 6.54 Å². The molecule has 1 unspecified atom stereocenters. The van der Waals surface area contributed by atoms with Crippen LogP contribution in [0, 0.1) is 0 Å². The number of para-hydroxylation sites is 2. The number of nitrogens with one attached hydrogen (secondary N) is 2. The van der Waals surface area contributed by atoms with E-state index in [1.807, 2.05) is 19.1 Å². The van der Waals surface area contributed by atoms with Crippen LogP contribution >= 0.6 is 0 Å². The number of urea groups is 1. The van der Waals surface area contributed by atoms with Crippen LogP contribution < -0.4 is 20.1 Å². The molecule has 0 aliphatic heterocycles. The maximum Gasteiger partial charge on any atom is 0.317 e. The van der Waals surface area contributed by atoms with Gasteiger partial charge in [0.2, 0.25) is 0 Å². The van der Waals surface area contributed by atoms with Gasteiger partial charge in [0.1, 0.15) is 0 Å². The van der Waals surface area contributed by atoms with Gasteiger partial charge in [-0.1, -0.05) is 12.1 Å². The molecule has 106 valence electrons. The number of carbonyl (C=O) groups is 1. The SMILES string of the molecule is CCOc1ccccc1OCNC(=O)NCC(C)O. The molecule has 1 rings (SSSR count). The van der Waals surface area contributed by atoms with Crippen molar-refractivity contribution in [1.29, 1.82) is 0 Å². The van der Waals surface area contributed by atoms with Gasteiger partial charge in [-0.25, -0.2) is 4.79 Å². The van der Waals surface area contributed by atoms with Crippen LogP contribution in [0.25, 0.3) is 0 Å². The predicted octanol–water partition coefficient (Wildman–Crippen LogP) is 1.10. The van der Waals surface area contributed by atoms with Gasteiger partial charge in [0.15, 0.2) is 18.2 Å². The van der Waals surface area contributed by atoms with Gasteiger partial charge in [-0.3, -0.25) is 0 Å². The van der Waals surface area contributed by atoms with Crippen molar-refractivity contribution >= 4 is 6.03 Å². The van der Waals surface area contributed by atoms with Crippen molar-refractivity contribution in [3.8, 4) is 11.5 Å². The number of hydrogen-bond acceptors (Lipinski definition) is 4. The molecule has 1 aromatic rings. The number of benzene rings is 1. The highest BCUT2D eigenvalue weighted by Crippen LogP contribution is 2.25. The fourth-order valence-electron chi connectivity index (χ4n) is 1.33. The summed E-state index contributed by atoms with van der Waals surface area (Å²) < 4.78 is 10.8. The van der Waals surface area contributed by atoms with E-state index in [-0.39, 0.29) is 13.3 Å². The second kappa shape index (κ2) is 8.20. The van der Waals surface area contributed by atoms with Gasteiger partial charge >= 0.3 is 6.03 Å². The van der Waals surface area contributed by atoms with E-state index in [1.54, 1.807) is 19.1 Å². The van der Waals surface area contributed by atoms with Crippen molar-refractivity contribution in [2.45, 2.75) is 20.0 Å². The first-order chi connectivity index (χ1) is 9.13. The van der Waals surface area contributed by atoms with E-state index in [1.165, 1.54) is 0 Å². The molecule has 0 aliphatic carbocycles. The van der Waals surface area contributed by atoms with Crippen molar-refractivity contribution in [1.82, 2.24) is 10.6 Å². The zero-order valence-electron chi connectivity index (χ0n) is 11.2. The highest BCUT2D eigenvalue weighted by atomic mass is 16.5. The minimum absolute atomic E-state index is 0.0235. The number of aliphatic hydroxyl groups excluding tert-OH is 1. The Morgan fingerprint density at radius 3 is 2.47 bits per heavy atom. The van der Waals surface area contributed by atoms with Crippen LogP contribution in [0.15, 0.2) is 24.3 Å². The molecule has 0 saturated heterocycles. The van der Waals surface area contributed by atoms with Gasteiger partial charge in [-0.15, -0.1) is 0 Å². The monoisotopic (exact) mass is 268 g/mol. The van der Waals surface area contributed by atoms with E-state index in [0.29, 0.717) is 18.1 Å². The Hall–Kier alpha value is -1.95. The lowest BCUT2D eigenvalue weighted by Gasteiger charge is -2.13. The molecule has 0 heterocycles. The molecule has 1 aromatic carbocycles. The first-order valence-corrected chi connectivity index (χ1v) is 6.18. The minimum atomic E-state index is -0.578. The van der Waals surface area contributed by atoms with Crippen LogP contribution in [0.2, 0.25) is 0 Å². The molecule has 0 radical (unpaired) electrons. The third kappa shape index (κ3) is 5.96. The number of carbonyl (C=O) groups excluding carboxylic acids is 1. The Balaban J connectivity index is 2.34. The largest absolute Gasteiger partial charge is 0.490 e. The molecule has 0 aromatic heterocycles. The third-order valence-corrected chi connectivity index (χ3v) is 2.17. The molecule has 0 fully saturated rings. The second-order valence-corrected chi connectivity index (χ2v) is 3.90. The second-order valence-electron chi connectivity index (χ2n) is 3.90. The van der Waals surface area contributed by atoms with E-state index in [4.69, 9.17) is 14.6 Å². The summed E-state index contributed by atoms with van der Waals surface area (Å²) in [6, 6.07) is 6.84. The fraction of sp³-hybridized carbons (Fsp3) is 0.462. The van der Waals surface area contributed by atoms with Gasteiger partial charge < -0.3 is 25.2 Å². The Labute approximate surface area is 112 Å². The normalized spacial score (nSPS) is 11.5. The molecule has 3 N–H and O–H groups in total. The van der Waals surface area contributed by atoms with Crippen molar-refractivity contribution in [3.63, 3.8) is 0 Å². The van der Waals surface area contributed by atoms with Crippen LogP contribution in [0.1, 0.15) is 13.8 Å². The third-order valence-electron chi connectivity index (χ3n) is 2.17. The zero-order valence-corrected chi connectivity index (χ0v) is 11.2. The smallest absolute Gasteiger partial charge is 0.317 e. The summed E-state index contributed by atoms with van der Waals surface area (Å²) in [4.78, 5) is 11.3. The quantitative estimate of drug-likeness (QED) is 0.647. The van der Waals surface area contributed by atoms with Gasteiger partial charge in [0.05, 0.1) is 12.7 Å². The number of rotatable bonds is 7. The van der Waals surface area contributed by atoms with Crippen LogP contribution in [0.4, 0.5) is 4.79 Å². The molecule has 0 bridgehead atoms. The lowest BCUT2D eigenvalue weighted by molar-refractivity contribution is 0.183. The Morgan fingerprint density at radius 1 is 1.26 bits per heavy atom. The summed E-state index contributed by atoms with van der Waals surface area (Å²) in [7, 11) is 0. The number of hydrogen-bond donors (Lipinski definition) is 3. The number of amides is 2. The van der Waals surface area contributed by atoms with Gasteiger partial charge in [-0.2, -0.15) is 0 Å². The zero-order chi connectivity index (χ0) is 14.1. The molecule has 6 heteroatoms. The molecule has 0 spiro atoms. The molecular weight excluding hydrogens is 248 g/mol. The number of ether oxygens (including phenoxy) is 2. The Bertz CT molecular complexity index is 396. The van der Waals surface area contributed by atoms with Gasteiger partial charge in [0.25, 0.3) is 0 Å². The predicted molar refractivity (Wildman–Crippen MR) is 71.3 cm³/mol. The summed E-state index contributed by atoms with van der Waals surface area (Å²) in [5.41, 5.74) is 0. The topological polar surface area (TPSA) is 79.8 Å². The summed E-state index contributed by atoms with van der Waals surface area (Å²) in [6.45, 7) is 4.24. The van der Waals surface area contributed by atoms with Crippen molar-refractivity contribution in [3.05, 3.63) is 24.3 Å². The van der Waals surface area contributed by atoms with E-state index >= 15 is 0 Å². The van der Waals surface area contributed by atoms with Crippen molar-refractivity contribution in [2.75, 3.05) is 19.9 Å². The summed E-state index contributed by atoms with van der Waals surface area (Å²) in [6.07, 6.45) is -0.578. The average molecular weight is 268 g/mol. The Kier molecular flexibility index (Phi) is 6.52. The van der Waals surface area contributed by atoms with E-state index in [0.717, 1.165) is 0 Å². The molecule has 0 aliphatic rings. The molecule has 2 amide bonds. The first kappa shape index (κ1) is 15.1. The standard InChI is InChI=1S/C13H20N2O4/c1-3-18-11-6-4-5-7-12(11)19-9-15-13(17)14-8-10(2)16/h4-7,10,16H,3,8-9H2,1-2H3,(H2,14,15,17). The maximum absolute atomic E-state index is 11.3. The first-order valence-electron chi connectivity index (χ1n) is 6.18. The van der Waals surface area contributed by atoms with Gasteiger partial charge in [-0.05, 0) is 26.0 Å². The van der Waals surface area contributed by atoms with Crippen molar-refractivity contribution in [2.24, 2.45) is 0 Å². The summed E-state index contributed by atoms with van der Waals surface area (Å²) in [5, 5.41) is 14.0. The van der Waals surface area contributed by atoms with E-state index in [2.05, 4.69) is 10.6 Å². The molecule has 6 nitrogen and oxygen atoms in total. The fourth-order valence-corrected chi connectivity index (χ4v) is 1.33. The summed E-state index contributed by atoms with van der Waals surface area (Å²) >= 11 is 0. The molecule has 0 saturated carbocycles. The van der Waals surface area contributed by atoms with Crippen molar-refractivity contribution < 1.29 is 19.4 Å². The highest BCUT2D eigenvalue weighted by Gasteiger charge is 2.05. The molecule has 19 heavy (non-hydrogen) atoms. The van der Waals surface area contributed by atoms with Crippen LogP contribution in [0.3, 0.4) is 0 Å². The number of aliphatic hydroxyl groups is 1. The average Bonchev–Trinajstić information content (AvgIpc) is 2.39. The van der Waals surface area contributed by atoms with Crippen LogP contribution in [0.5, 0.6) is 11.5 Å². The maximum atomic E-state index is 11.3. The molecule has 1 atom stereocenters.